The van der Waals surface area contributed by atoms with E-state index in [0.717, 1.165) is 5.69 Å². The molecule has 0 radical (unpaired) electrons. The van der Waals surface area contributed by atoms with Gasteiger partial charge in [0.1, 0.15) is 11.6 Å². The van der Waals surface area contributed by atoms with Gasteiger partial charge in [0.05, 0.1) is 11.8 Å². The van der Waals surface area contributed by atoms with Crippen LogP contribution in [0.4, 0.5) is 4.39 Å². The monoisotopic (exact) mass is 276 g/mol. The molecular weight excluding hydrogens is 259 g/mol. The van der Waals surface area contributed by atoms with Crippen molar-refractivity contribution in [3.05, 3.63) is 59.2 Å². The summed E-state index contributed by atoms with van der Waals surface area (Å²) in [4.78, 5) is 4.19. The van der Waals surface area contributed by atoms with Crippen molar-refractivity contribution in [3.8, 4) is 5.75 Å². The van der Waals surface area contributed by atoms with Gasteiger partial charge in [0.2, 0.25) is 0 Å². The Morgan fingerprint density at radius 2 is 2.00 bits per heavy atom. The molecule has 1 atom stereocenters. The number of aryl methyl sites for hydroxylation is 1. The zero-order valence-corrected chi connectivity index (χ0v) is 11.2. The lowest BCUT2D eigenvalue weighted by Crippen LogP contribution is -2.22. The van der Waals surface area contributed by atoms with Crippen LogP contribution in [0.15, 0.2) is 36.4 Å². The van der Waals surface area contributed by atoms with Gasteiger partial charge in [-0.25, -0.2) is 4.39 Å². The van der Waals surface area contributed by atoms with Crippen molar-refractivity contribution in [3.63, 3.8) is 0 Å². The Hall–Kier alpha value is -1.98. The van der Waals surface area contributed by atoms with Gasteiger partial charge in [-0.05, 0) is 25.1 Å². The fraction of sp³-hybridized carbons (Fsp3) is 0.267. The number of hydrogen-bond acceptors (Lipinski definition) is 4. The first-order valence-electron chi connectivity index (χ1n) is 6.36. The van der Waals surface area contributed by atoms with Gasteiger partial charge in [-0.1, -0.05) is 18.2 Å². The molecule has 0 spiro atoms. The second kappa shape index (κ2) is 6.45. The molecule has 0 amide bonds. The van der Waals surface area contributed by atoms with Crippen LogP contribution in [0.25, 0.3) is 0 Å². The molecule has 0 bridgehead atoms. The molecule has 1 aromatic carbocycles. The van der Waals surface area contributed by atoms with Gasteiger partial charge in [0, 0.05) is 24.3 Å². The van der Waals surface area contributed by atoms with Crippen molar-refractivity contribution in [2.75, 3.05) is 6.54 Å². The molecule has 4 nitrogen and oxygen atoms in total. The Labute approximate surface area is 116 Å². The van der Waals surface area contributed by atoms with Crippen LogP contribution in [0.1, 0.15) is 23.1 Å². The van der Waals surface area contributed by atoms with Gasteiger partial charge in [0.25, 0.3) is 0 Å². The van der Waals surface area contributed by atoms with Crippen LogP contribution in [0, 0.1) is 12.7 Å². The van der Waals surface area contributed by atoms with E-state index in [0.29, 0.717) is 12.2 Å². The molecule has 106 valence electrons. The number of aliphatic hydroxyl groups excluding tert-OH is 1. The molecule has 1 unspecified atom stereocenters. The summed E-state index contributed by atoms with van der Waals surface area (Å²) < 4.78 is 13.5. The minimum Gasteiger partial charge on any atom is -0.506 e. The van der Waals surface area contributed by atoms with Crippen molar-refractivity contribution in [2.45, 2.75) is 19.6 Å². The predicted octanol–water partition coefficient (Wildman–Crippen LogP) is 2.06. The highest BCUT2D eigenvalue weighted by Gasteiger charge is 2.12. The maximum absolute atomic E-state index is 13.5. The second-order valence-electron chi connectivity index (χ2n) is 4.59. The molecule has 2 rings (SSSR count). The van der Waals surface area contributed by atoms with Crippen molar-refractivity contribution in [1.82, 2.24) is 10.3 Å². The Bertz CT molecular complexity index is 590. The van der Waals surface area contributed by atoms with E-state index in [1.807, 2.05) is 6.92 Å². The van der Waals surface area contributed by atoms with E-state index >= 15 is 0 Å². The fourth-order valence-electron chi connectivity index (χ4n) is 1.92. The van der Waals surface area contributed by atoms with E-state index in [1.54, 1.807) is 30.3 Å². The fourth-order valence-corrected chi connectivity index (χ4v) is 1.92. The molecular formula is C15H17FN2O2. The van der Waals surface area contributed by atoms with E-state index < -0.39 is 11.9 Å². The van der Waals surface area contributed by atoms with Crippen molar-refractivity contribution < 1.29 is 14.6 Å². The molecule has 20 heavy (non-hydrogen) atoms. The van der Waals surface area contributed by atoms with Gasteiger partial charge in [-0.2, -0.15) is 0 Å². The van der Waals surface area contributed by atoms with Gasteiger partial charge < -0.3 is 15.5 Å². The summed E-state index contributed by atoms with van der Waals surface area (Å²) in [5, 5.41) is 22.5. The number of nitrogens with zero attached hydrogens (tertiary/aromatic N) is 1. The SMILES string of the molecule is Cc1ccc(O)c(CNCC(O)c2ccccc2F)n1. The molecule has 1 aromatic heterocycles. The molecule has 0 aliphatic carbocycles. The normalized spacial score (nSPS) is 12.3. The number of halogens is 1. The number of aromatic nitrogens is 1. The first-order chi connectivity index (χ1) is 9.58. The summed E-state index contributed by atoms with van der Waals surface area (Å²) >= 11 is 0. The maximum atomic E-state index is 13.5. The van der Waals surface area contributed by atoms with E-state index in [2.05, 4.69) is 10.3 Å². The van der Waals surface area contributed by atoms with Crippen LogP contribution in [-0.2, 0) is 6.54 Å². The largest absolute Gasteiger partial charge is 0.506 e. The van der Waals surface area contributed by atoms with Crippen molar-refractivity contribution >= 4 is 0 Å². The second-order valence-corrected chi connectivity index (χ2v) is 4.59. The lowest BCUT2D eigenvalue weighted by molar-refractivity contribution is 0.169. The highest BCUT2D eigenvalue weighted by Crippen LogP contribution is 2.17. The number of pyridine rings is 1. The number of benzene rings is 1. The summed E-state index contributed by atoms with van der Waals surface area (Å²) in [6, 6.07) is 9.40. The van der Waals surface area contributed by atoms with Crippen LogP contribution in [0.2, 0.25) is 0 Å². The molecule has 2 aromatic rings. The van der Waals surface area contributed by atoms with E-state index in [-0.39, 0.29) is 17.9 Å². The molecule has 0 aliphatic heterocycles. The zero-order valence-electron chi connectivity index (χ0n) is 11.2. The zero-order chi connectivity index (χ0) is 14.5. The Balaban J connectivity index is 1.93. The van der Waals surface area contributed by atoms with Gasteiger partial charge in [0.15, 0.2) is 0 Å². The first kappa shape index (κ1) is 14.4. The van der Waals surface area contributed by atoms with E-state index in [1.165, 1.54) is 6.07 Å². The molecule has 0 saturated heterocycles. The van der Waals surface area contributed by atoms with Crippen LogP contribution in [0.5, 0.6) is 5.75 Å². The highest BCUT2D eigenvalue weighted by atomic mass is 19.1. The third-order valence-corrected chi connectivity index (χ3v) is 2.98. The minimum absolute atomic E-state index is 0.100. The number of rotatable bonds is 5. The third kappa shape index (κ3) is 3.53. The summed E-state index contributed by atoms with van der Waals surface area (Å²) in [5.41, 5.74) is 1.56. The molecule has 0 fully saturated rings. The van der Waals surface area contributed by atoms with Gasteiger partial charge in [-0.3, -0.25) is 4.98 Å². The van der Waals surface area contributed by atoms with Gasteiger partial charge in [-0.15, -0.1) is 0 Å². The topological polar surface area (TPSA) is 65.4 Å². The van der Waals surface area contributed by atoms with Gasteiger partial charge >= 0.3 is 0 Å². The number of aromatic hydroxyl groups is 1. The lowest BCUT2D eigenvalue weighted by atomic mass is 10.1. The summed E-state index contributed by atoms with van der Waals surface area (Å²) in [6.07, 6.45) is -0.942. The molecule has 3 N–H and O–H groups in total. The van der Waals surface area contributed by atoms with Crippen LogP contribution >= 0.6 is 0 Å². The first-order valence-corrected chi connectivity index (χ1v) is 6.36. The predicted molar refractivity (Wildman–Crippen MR) is 73.7 cm³/mol. The van der Waals surface area contributed by atoms with Crippen LogP contribution in [-0.4, -0.2) is 21.7 Å². The molecule has 0 saturated carbocycles. The average molecular weight is 276 g/mol. The Morgan fingerprint density at radius 1 is 1.25 bits per heavy atom. The number of aliphatic hydroxyl groups is 1. The van der Waals surface area contributed by atoms with Crippen molar-refractivity contribution in [2.24, 2.45) is 0 Å². The number of hydrogen-bond donors (Lipinski definition) is 3. The van der Waals surface area contributed by atoms with E-state index in [4.69, 9.17) is 0 Å². The smallest absolute Gasteiger partial charge is 0.138 e. The summed E-state index contributed by atoms with van der Waals surface area (Å²) in [7, 11) is 0. The summed E-state index contributed by atoms with van der Waals surface area (Å²) in [5.74, 6) is -0.332. The van der Waals surface area contributed by atoms with Crippen LogP contribution < -0.4 is 5.32 Å². The van der Waals surface area contributed by atoms with Crippen LogP contribution in [0.3, 0.4) is 0 Å². The quantitative estimate of drug-likeness (QED) is 0.782. The third-order valence-electron chi connectivity index (χ3n) is 2.98. The summed E-state index contributed by atoms with van der Waals surface area (Å²) in [6.45, 7) is 2.31. The molecule has 0 aliphatic rings. The Kier molecular flexibility index (Phi) is 4.65. The molecule has 1 heterocycles. The Morgan fingerprint density at radius 3 is 2.75 bits per heavy atom. The minimum atomic E-state index is -0.942. The maximum Gasteiger partial charge on any atom is 0.138 e. The highest BCUT2D eigenvalue weighted by molar-refractivity contribution is 5.27. The van der Waals surface area contributed by atoms with Crippen molar-refractivity contribution in [1.29, 1.82) is 0 Å². The average Bonchev–Trinajstić information content (AvgIpc) is 2.43. The standard InChI is InChI=1S/C15H17FN2O2/c1-10-6-7-14(19)13(18-10)8-17-9-15(20)11-4-2-3-5-12(11)16/h2-7,15,17,19-20H,8-9H2,1H3. The lowest BCUT2D eigenvalue weighted by Gasteiger charge is -2.13. The molecule has 5 heteroatoms. The van der Waals surface area contributed by atoms with E-state index in [9.17, 15) is 14.6 Å². The number of nitrogens with one attached hydrogen (secondary N) is 1.